The van der Waals surface area contributed by atoms with Crippen LogP contribution in [0.4, 0.5) is 0 Å². The minimum Gasteiger partial charge on any atom is -0.463 e. The largest absolute Gasteiger partial charge is 0.463 e. The Kier molecular flexibility index (Phi) is 6.88. The van der Waals surface area contributed by atoms with Crippen LogP contribution in [0, 0.1) is 0 Å². The summed E-state index contributed by atoms with van der Waals surface area (Å²) in [6, 6.07) is 0. The van der Waals surface area contributed by atoms with Crippen LogP contribution in [-0.4, -0.2) is 48.4 Å². The first kappa shape index (κ1) is 15.4. The highest BCUT2D eigenvalue weighted by Gasteiger charge is 2.24. The SMILES string of the molecule is CC(=O)OCC(O)[C@H](COC(C)=O)OC(C)=O. The molecule has 0 spiro atoms. The Balaban J connectivity index is 4.27. The number of aliphatic hydroxyl groups excluding tert-OH is 1. The summed E-state index contributed by atoms with van der Waals surface area (Å²) in [6.07, 6.45) is -2.31. The second kappa shape index (κ2) is 7.61. The normalized spacial score (nSPS) is 13.4. The van der Waals surface area contributed by atoms with Gasteiger partial charge >= 0.3 is 17.9 Å². The molecular formula is C10H16O7. The van der Waals surface area contributed by atoms with Crippen LogP contribution in [0.1, 0.15) is 20.8 Å². The maximum Gasteiger partial charge on any atom is 0.303 e. The molecular weight excluding hydrogens is 232 g/mol. The topological polar surface area (TPSA) is 99.1 Å². The zero-order valence-corrected chi connectivity index (χ0v) is 9.97. The maximum absolute atomic E-state index is 10.8. The van der Waals surface area contributed by atoms with Crippen LogP contribution >= 0.6 is 0 Å². The molecule has 0 saturated heterocycles. The summed E-state index contributed by atoms with van der Waals surface area (Å²) in [5.74, 6) is -1.77. The van der Waals surface area contributed by atoms with E-state index in [1.807, 2.05) is 0 Å². The molecule has 7 heteroatoms. The van der Waals surface area contributed by atoms with Gasteiger partial charge in [-0.2, -0.15) is 0 Å². The lowest BCUT2D eigenvalue weighted by atomic mass is 10.2. The first-order chi connectivity index (χ1) is 7.82. The fraction of sp³-hybridized carbons (Fsp3) is 0.700. The van der Waals surface area contributed by atoms with E-state index in [1.165, 1.54) is 13.8 Å². The zero-order chi connectivity index (χ0) is 13.4. The molecule has 0 heterocycles. The minimum atomic E-state index is -1.25. The number of hydrogen-bond acceptors (Lipinski definition) is 7. The molecule has 2 atom stereocenters. The van der Waals surface area contributed by atoms with E-state index in [9.17, 15) is 19.5 Å². The molecule has 0 aromatic rings. The lowest BCUT2D eigenvalue weighted by Crippen LogP contribution is -2.38. The van der Waals surface area contributed by atoms with Crippen LogP contribution in [0.25, 0.3) is 0 Å². The van der Waals surface area contributed by atoms with E-state index in [2.05, 4.69) is 9.47 Å². The summed E-state index contributed by atoms with van der Waals surface area (Å²) < 4.78 is 13.9. The average molecular weight is 248 g/mol. The molecule has 0 aliphatic carbocycles. The van der Waals surface area contributed by atoms with Crippen LogP contribution in [0.5, 0.6) is 0 Å². The average Bonchev–Trinajstić information content (AvgIpc) is 2.19. The van der Waals surface area contributed by atoms with E-state index >= 15 is 0 Å². The number of hydrogen-bond donors (Lipinski definition) is 1. The van der Waals surface area contributed by atoms with Crippen LogP contribution in [0.3, 0.4) is 0 Å². The van der Waals surface area contributed by atoms with Crippen molar-refractivity contribution in [3.63, 3.8) is 0 Å². The Hall–Kier alpha value is -1.63. The lowest BCUT2D eigenvalue weighted by molar-refractivity contribution is -0.168. The summed E-state index contributed by atoms with van der Waals surface area (Å²) in [6.45, 7) is 2.88. The van der Waals surface area contributed by atoms with Crippen molar-refractivity contribution in [3.8, 4) is 0 Å². The third kappa shape index (κ3) is 8.21. The van der Waals surface area contributed by atoms with Crippen molar-refractivity contribution in [1.29, 1.82) is 0 Å². The number of rotatable bonds is 6. The molecule has 0 aliphatic heterocycles. The molecule has 1 N–H and O–H groups in total. The Bertz CT molecular complexity index is 286. The third-order valence-electron chi connectivity index (χ3n) is 1.65. The Labute approximate surface area is 98.6 Å². The predicted octanol–water partition coefficient (Wildman–Crippen LogP) is -0.595. The second-order valence-electron chi connectivity index (χ2n) is 3.32. The molecule has 98 valence electrons. The van der Waals surface area contributed by atoms with E-state index < -0.39 is 30.1 Å². The van der Waals surface area contributed by atoms with E-state index in [-0.39, 0.29) is 13.2 Å². The van der Waals surface area contributed by atoms with Crippen LogP contribution in [0.2, 0.25) is 0 Å². The van der Waals surface area contributed by atoms with Gasteiger partial charge in [-0.05, 0) is 0 Å². The Morgan fingerprint density at radius 1 is 0.941 bits per heavy atom. The van der Waals surface area contributed by atoms with E-state index in [1.54, 1.807) is 0 Å². The number of ether oxygens (including phenoxy) is 3. The van der Waals surface area contributed by atoms with E-state index in [0.717, 1.165) is 6.92 Å². The molecule has 0 radical (unpaired) electrons. The van der Waals surface area contributed by atoms with Crippen LogP contribution in [0.15, 0.2) is 0 Å². The zero-order valence-electron chi connectivity index (χ0n) is 9.97. The van der Waals surface area contributed by atoms with Crippen molar-refractivity contribution in [1.82, 2.24) is 0 Å². The number of carbonyl (C=O) groups excluding carboxylic acids is 3. The highest BCUT2D eigenvalue weighted by molar-refractivity contribution is 5.67. The van der Waals surface area contributed by atoms with Crippen LogP contribution in [-0.2, 0) is 28.6 Å². The molecule has 0 saturated carbocycles. The standard InChI is InChI=1S/C10H16O7/c1-6(11)15-4-9(14)10(17-8(3)13)5-16-7(2)12/h9-10,14H,4-5H2,1-3H3/t9?,10-/m0/s1. The molecule has 0 bridgehead atoms. The highest BCUT2D eigenvalue weighted by Crippen LogP contribution is 2.03. The van der Waals surface area contributed by atoms with Gasteiger partial charge < -0.3 is 19.3 Å². The molecule has 0 amide bonds. The fourth-order valence-corrected chi connectivity index (χ4v) is 0.946. The monoisotopic (exact) mass is 248 g/mol. The van der Waals surface area contributed by atoms with Crippen molar-refractivity contribution in [2.45, 2.75) is 33.0 Å². The first-order valence-electron chi connectivity index (χ1n) is 4.95. The quantitative estimate of drug-likeness (QED) is 0.495. The van der Waals surface area contributed by atoms with E-state index in [4.69, 9.17) is 4.74 Å². The summed E-state index contributed by atoms with van der Waals surface area (Å²) in [4.78, 5) is 31.9. The maximum atomic E-state index is 10.8. The van der Waals surface area contributed by atoms with Crippen molar-refractivity contribution in [3.05, 3.63) is 0 Å². The molecule has 1 unspecified atom stereocenters. The van der Waals surface area contributed by atoms with Gasteiger partial charge in [0.2, 0.25) is 0 Å². The van der Waals surface area contributed by atoms with Gasteiger partial charge in [0.25, 0.3) is 0 Å². The highest BCUT2D eigenvalue weighted by atomic mass is 16.6. The first-order valence-corrected chi connectivity index (χ1v) is 4.95. The number of aliphatic hydroxyl groups is 1. The molecule has 17 heavy (non-hydrogen) atoms. The smallest absolute Gasteiger partial charge is 0.303 e. The second-order valence-corrected chi connectivity index (χ2v) is 3.32. The summed E-state index contributed by atoms with van der Waals surface area (Å²) in [5, 5.41) is 9.57. The van der Waals surface area contributed by atoms with Crippen LogP contribution < -0.4 is 0 Å². The van der Waals surface area contributed by atoms with Gasteiger partial charge in [0.15, 0.2) is 6.10 Å². The van der Waals surface area contributed by atoms with Crippen molar-refractivity contribution in [2.24, 2.45) is 0 Å². The molecule has 0 aromatic heterocycles. The van der Waals surface area contributed by atoms with E-state index in [0.29, 0.717) is 0 Å². The van der Waals surface area contributed by atoms with Crippen molar-refractivity contribution < 1.29 is 33.7 Å². The molecule has 7 nitrogen and oxygen atoms in total. The fourth-order valence-electron chi connectivity index (χ4n) is 0.946. The minimum absolute atomic E-state index is 0.294. The summed E-state index contributed by atoms with van der Waals surface area (Å²) in [7, 11) is 0. The van der Waals surface area contributed by atoms with Gasteiger partial charge in [-0.15, -0.1) is 0 Å². The van der Waals surface area contributed by atoms with Gasteiger partial charge in [0, 0.05) is 20.8 Å². The third-order valence-corrected chi connectivity index (χ3v) is 1.65. The van der Waals surface area contributed by atoms with Gasteiger partial charge in [-0.25, -0.2) is 0 Å². The summed E-state index contributed by atoms with van der Waals surface area (Å²) in [5.41, 5.74) is 0. The molecule has 0 aliphatic rings. The predicted molar refractivity (Wildman–Crippen MR) is 54.8 cm³/mol. The van der Waals surface area contributed by atoms with Gasteiger partial charge in [0.1, 0.15) is 19.3 Å². The number of carbonyl (C=O) groups is 3. The molecule has 0 aromatic carbocycles. The Morgan fingerprint density at radius 3 is 1.82 bits per heavy atom. The Morgan fingerprint density at radius 2 is 1.41 bits per heavy atom. The van der Waals surface area contributed by atoms with Gasteiger partial charge in [-0.3, -0.25) is 14.4 Å². The van der Waals surface area contributed by atoms with Crippen molar-refractivity contribution in [2.75, 3.05) is 13.2 Å². The lowest BCUT2D eigenvalue weighted by Gasteiger charge is -2.21. The molecule has 0 rings (SSSR count). The van der Waals surface area contributed by atoms with Gasteiger partial charge in [0.05, 0.1) is 0 Å². The molecule has 0 fully saturated rings. The number of esters is 3. The van der Waals surface area contributed by atoms with Gasteiger partial charge in [-0.1, -0.05) is 0 Å². The van der Waals surface area contributed by atoms with Crippen molar-refractivity contribution >= 4 is 17.9 Å². The summed E-state index contributed by atoms with van der Waals surface area (Å²) >= 11 is 0.